The van der Waals surface area contributed by atoms with Gasteiger partial charge in [0.2, 0.25) is 0 Å². The summed E-state index contributed by atoms with van der Waals surface area (Å²) in [6.07, 6.45) is 0.173. The molecule has 2 rings (SSSR count). The Labute approximate surface area is 196 Å². The molecule has 0 unspecified atom stereocenters. The quantitative estimate of drug-likeness (QED) is 0.233. The van der Waals surface area contributed by atoms with Crippen LogP contribution in [-0.2, 0) is 20.3 Å². The maximum absolute atomic E-state index is 12.2. The van der Waals surface area contributed by atoms with Crippen molar-refractivity contribution >= 4 is 45.9 Å². The Balaban J connectivity index is 0.00000450. The average molecular weight is 552 g/mol. The van der Waals surface area contributed by atoms with Gasteiger partial charge in [0, 0.05) is 26.7 Å². The highest BCUT2D eigenvalue weighted by Gasteiger charge is 2.34. The second kappa shape index (κ2) is 11.7. The number of aliphatic imine (C=N–C) groups is 1. The van der Waals surface area contributed by atoms with Crippen LogP contribution in [0.4, 0.5) is 4.79 Å². The van der Waals surface area contributed by atoms with Crippen LogP contribution in [0, 0.1) is 0 Å². The Morgan fingerprint density at radius 2 is 1.87 bits per heavy atom. The molecule has 1 aliphatic heterocycles. The maximum atomic E-state index is 12.2. The number of carbonyl (C=O) groups excluding carboxylic acids is 1. The summed E-state index contributed by atoms with van der Waals surface area (Å²) in [5, 5.41) is 6.36. The van der Waals surface area contributed by atoms with Crippen LogP contribution in [0.3, 0.4) is 0 Å². The van der Waals surface area contributed by atoms with Gasteiger partial charge in [0.15, 0.2) is 15.8 Å². The molecule has 0 spiro atoms. The zero-order valence-electron chi connectivity index (χ0n) is 18.1. The Morgan fingerprint density at radius 1 is 1.23 bits per heavy atom. The van der Waals surface area contributed by atoms with Gasteiger partial charge in [-0.1, -0.05) is 30.3 Å². The number of nitrogens with zero attached hydrogens (tertiary/aromatic N) is 2. The fourth-order valence-corrected chi connectivity index (χ4v) is 4.26. The minimum absolute atomic E-state index is 0. The molecule has 0 bridgehead atoms. The number of ether oxygens (including phenoxy) is 1. The second-order valence-corrected chi connectivity index (χ2v) is 10.3. The van der Waals surface area contributed by atoms with Crippen molar-refractivity contribution < 1.29 is 17.9 Å². The number of carbonyl (C=O) groups is 1. The lowest BCUT2D eigenvalue weighted by Crippen LogP contribution is -2.63. The van der Waals surface area contributed by atoms with Gasteiger partial charge < -0.3 is 20.3 Å². The SMILES string of the molecule is CN=C(NCCCS(=O)(=O)Cc1ccccc1)NC1CN(C(=O)OC(C)(C)C)C1.I. The van der Waals surface area contributed by atoms with Crippen molar-refractivity contribution in [2.24, 2.45) is 4.99 Å². The summed E-state index contributed by atoms with van der Waals surface area (Å²) in [5.41, 5.74) is 0.297. The number of halogens is 1. The molecule has 1 aliphatic rings. The number of hydrogen-bond acceptors (Lipinski definition) is 5. The van der Waals surface area contributed by atoms with Crippen LogP contribution in [0.25, 0.3) is 0 Å². The predicted octanol–water partition coefficient (Wildman–Crippen LogP) is 2.39. The van der Waals surface area contributed by atoms with Gasteiger partial charge in [-0.3, -0.25) is 4.99 Å². The fraction of sp³-hybridized carbons (Fsp3) is 0.600. The Bertz CT molecular complexity index is 804. The summed E-state index contributed by atoms with van der Waals surface area (Å²) in [7, 11) is -1.49. The highest BCUT2D eigenvalue weighted by molar-refractivity contribution is 14.0. The van der Waals surface area contributed by atoms with Gasteiger partial charge in [-0.05, 0) is 32.8 Å². The van der Waals surface area contributed by atoms with Crippen LogP contribution in [0.2, 0.25) is 0 Å². The molecule has 0 aliphatic carbocycles. The molecule has 1 aromatic rings. The van der Waals surface area contributed by atoms with Crippen molar-refractivity contribution in [2.45, 2.75) is 44.6 Å². The summed E-state index contributed by atoms with van der Waals surface area (Å²) >= 11 is 0. The minimum Gasteiger partial charge on any atom is -0.444 e. The predicted molar refractivity (Wildman–Crippen MR) is 130 cm³/mol. The third-order valence-electron chi connectivity index (χ3n) is 4.25. The molecular weight excluding hydrogens is 519 g/mol. The lowest BCUT2D eigenvalue weighted by molar-refractivity contribution is 0.00701. The van der Waals surface area contributed by atoms with Crippen molar-refractivity contribution in [3.05, 3.63) is 35.9 Å². The van der Waals surface area contributed by atoms with Crippen LogP contribution in [0.15, 0.2) is 35.3 Å². The Hall–Kier alpha value is -1.56. The summed E-state index contributed by atoms with van der Waals surface area (Å²) < 4.78 is 29.8. The third-order valence-corrected chi connectivity index (χ3v) is 5.94. The van der Waals surface area contributed by atoms with E-state index in [1.54, 1.807) is 11.9 Å². The average Bonchev–Trinajstić information content (AvgIpc) is 2.58. The van der Waals surface area contributed by atoms with Crippen molar-refractivity contribution in [3.8, 4) is 0 Å². The van der Waals surface area contributed by atoms with Crippen molar-refractivity contribution in [2.75, 3.05) is 32.4 Å². The normalized spacial score (nSPS) is 15.1. The van der Waals surface area contributed by atoms with Gasteiger partial charge >= 0.3 is 6.09 Å². The molecule has 10 heteroatoms. The molecule has 0 radical (unpaired) electrons. The smallest absolute Gasteiger partial charge is 0.410 e. The molecule has 1 heterocycles. The van der Waals surface area contributed by atoms with Gasteiger partial charge in [0.05, 0.1) is 17.5 Å². The zero-order chi connectivity index (χ0) is 21.5. The Morgan fingerprint density at radius 3 is 2.43 bits per heavy atom. The first-order chi connectivity index (χ1) is 13.6. The molecule has 1 aromatic carbocycles. The number of amides is 1. The minimum atomic E-state index is -3.15. The number of guanidine groups is 1. The van der Waals surface area contributed by atoms with Crippen molar-refractivity contribution in [3.63, 3.8) is 0 Å². The van der Waals surface area contributed by atoms with Crippen LogP contribution >= 0.6 is 24.0 Å². The first-order valence-electron chi connectivity index (χ1n) is 9.77. The molecule has 1 fully saturated rings. The summed E-state index contributed by atoms with van der Waals surface area (Å²) in [6, 6.07) is 9.28. The monoisotopic (exact) mass is 552 g/mol. The first kappa shape index (κ1) is 26.5. The molecule has 170 valence electrons. The standard InChI is InChI=1S/C20H32N4O4S.HI/c1-20(2,3)28-19(25)24-13-17(14-24)23-18(21-4)22-11-8-12-29(26,27)15-16-9-6-5-7-10-16;/h5-7,9-10,17H,8,11-15H2,1-4H3,(H2,21,22,23);1H. The largest absolute Gasteiger partial charge is 0.444 e. The van der Waals surface area contributed by atoms with E-state index < -0.39 is 15.4 Å². The molecule has 0 saturated carbocycles. The molecule has 0 aromatic heterocycles. The van der Waals surface area contributed by atoms with E-state index in [0.29, 0.717) is 32.0 Å². The highest BCUT2D eigenvalue weighted by Crippen LogP contribution is 2.15. The van der Waals surface area contributed by atoms with Crippen LogP contribution in [0.5, 0.6) is 0 Å². The second-order valence-electron chi connectivity index (χ2n) is 8.16. The number of hydrogen-bond donors (Lipinski definition) is 2. The zero-order valence-corrected chi connectivity index (χ0v) is 21.2. The molecule has 30 heavy (non-hydrogen) atoms. The van der Waals surface area contributed by atoms with Gasteiger partial charge in [0.1, 0.15) is 5.60 Å². The summed E-state index contributed by atoms with van der Waals surface area (Å²) in [4.78, 5) is 17.7. The lowest BCUT2D eigenvalue weighted by Gasteiger charge is -2.40. The first-order valence-corrected chi connectivity index (χ1v) is 11.6. The van der Waals surface area contributed by atoms with E-state index in [0.717, 1.165) is 5.56 Å². The number of rotatable bonds is 7. The molecular formula is C20H33IN4O4S. The number of likely N-dealkylation sites (tertiary alicyclic amines) is 1. The van der Waals surface area contributed by atoms with Gasteiger partial charge in [-0.15, -0.1) is 24.0 Å². The van der Waals surface area contributed by atoms with Gasteiger partial charge in [-0.25, -0.2) is 13.2 Å². The molecule has 8 nitrogen and oxygen atoms in total. The highest BCUT2D eigenvalue weighted by atomic mass is 127. The lowest BCUT2D eigenvalue weighted by atomic mass is 10.1. The molecule has 0 atom stereocenters. The van der Waals surface area contributed by atoms with Crippen molar-refractivity contribution in [1.82, 2.24) is 15.5 Å². The molecule has 1 amide bonds. The van der Waals surface area contributed by atoms with E-state index in [2.05, 4.69) is 15.6 Å². The number of sulfone groups is 1. The van der Waals surface area contributed by atoms with Crippen LogP contribution in [0.1, 0.15) is 32.8 Å². The molecule has 1 saturated heterocycles. The van der Waals surface area contributed by atoms with E-state index >= 15 is 0 Å². The third kappa shape index (κ3) is 9.50. The molecule has 2 N–H and O–H groups in total. The summed E-state index contributed by atoms with van der Waals surface area (Å²) in [6.45, 7) is 7.10. The van der Waals surface area contributed by atoms with E-state index in [-0.39, 0.29) is 47.6 Å². The van der Waals surface area contributed by atoms with Crippen LogP contribution < -0.4 is 10.6 Å². The fourth-order valence-electron chi connectivity index (χ4n) is 2.83. The van der Waals surface area contributed by atoms with E-state index in [9.17, 15) is 13.2 Å². The maximum Gasteiger partial charge on any atom is 0.410 e. The van der Waals surface area contributed by atoms with Gasteiger partial charge in [-0.2, -0.15) is 0 Å². The number of benzene rings is 1. The summed E-state index contributed by atoms with van der Waals surface area (Å²) in [5.74, 6) is 0.768. The van der Waals surface area contributed by atoms with Crippen molar-refractivity contribution in [1.29, 1.82) is 0 Å². The van der Waals surface area contributed by atoms with Crippen LogP contribution in [-0.4, -0.2) is 69.4 Å². The Kier molecular flexibility index (Phi) is 10.4. The van der Waals surface area contributed by atoms with E-state index in [4.69, 9.17) is 4.74 Å². The number of nitrogens with one attached hydrogen (secondary N) is 2. The topological polar surface area (TPSA) is 100 Å². The van der Waals surface area contributed by atoms with E-state index in [1.165, 1.54) is 0 Å². The van der Waals surface area contributed by atoms with Gasteiger partial charge in [0.25, 0.3) is 0 Å². The van der Waals surface area contributed by atoms with E-state index in [1.807, 2.05) is 51.1 Å².